The van der Waals surface area contributed by atoms with Crippen LogP contribution >= 0.6 is 22.9 Å². The summed E-state index contributed by atoms with van der Waals surface area (Å²) in [5, 5.41) is 18.1. The zero-order chi connectivity index (χ0) is 14.8. The summed E-state index contributed by atoms with van der Waals surface area (Å²) in [6.07, 6.45) is 2.59. The van der Waals surface area contributed by atoms with E-state index in [-0.39, 0.29) is 12.6 Å². The van der Waals surface area contributed by atoms with Crippen LogP contribution in [0.15, 0.2) is 30.5 Å². The number of nitrogens with one attached hydrogen (secondary N) is 1. The van der Waals surface area contributed by atoms with E-state index in [1.54, 1.807) is 4.52 Å². The molecule has 0 radical (unpaired) electrons. The van der Waals surface area contributed by atoms with Gasteiger partial charge in [0.05, 0.1) is 11.9 Å². The van der Waals surface area contributed by atoms with Crippen molar-refractivity contribution in [1.29, 1.82) is 0 Å². The first-order valence-electron chi connectivity index (χ1n) is 6.65. The Kier molecular flexibility index (Phi) is 4.10. The first-order chi connectivity index (χ1) is 10.2. The lowest BCUT2D eigenvalue weighted by Gasteiger charge is -2.09. The van der Waals surface area contributed by atoms with Gasteiger partial charge in [-0.15, -0.1) is 5.10 Å². The minimum atomic E-state index is 0.164. The van der Waals surface area contributed by atoms with Gasteiger partial charge in [-0.25, -0.2) is 9.50 Å². The SMILES string of the molecule is CC(CCO)Nc1nn2cc(-c3ccc(Cl)cc3)nc2s1. The molecule has 0 bridgehead atoms. The normalized spacial score (nSPS) is 12.7. The quantitative estimate of drug-likeness (QED) is 0.756. The Morgan fingerprint density at radius 1 is 1.38 bits per heavy atom. The third-order valence-corrected chi connectivity index (χ3v) is 4.22. The number of aromatic nitrogens is 3. The molecule has 1 atom stereocenters. The lowest BCUT2D eigenvalue weighted by Crippen LogP contribution is -2.16. The first-order valence-corrected chi connectivity index (χ1v) is 7.84. The van der Waals surface area contributed by atoms with Crippen LogP contribution in [0.25, 0.3) is 16.2 Å². The predicted octanol–water partition coefficient (Wildman–Crippen LogP) is 3.29. The molecule has 2 N–H and O–H groups in total. The number of nitrogens with zero attached hydrogens (tertiary/aromatic N) is 3. The maximum Gasteiger partial charge on any atom is 0.214 e. The Morgan fingerprint density at radius 3 is 2.81 bits per heavy atom. The highest BCUT2D eigenvalue weighted by atomic mass is 35.5. The van der Waals surface area contributed by atoms with Gasteiger partial charge in [-0.3, -0.25) is 0 Å². The minimum Gasteiger partial charge on any atom is -0.396 e. The number of rotatable bonds is 5. The van der Waals surface area contributed by atoms with E-state index in [0.29, 0.717) is 11.4 Å². The largest absolute Gasteiger partial charge is 0.396 e. The Morgan fingerprint density at radius 2 is 2.14 bits per heavy atom. The number of hydrogen-bond acceptors (Lipinski definition) is 5. The third kappa shape index (κ3) is 3.18. The predicted molar refractivity (Wildman–Crippen MR) is 86.1 cm³/mol. The van der Waals surface area contributed by atoms with Crippen molar-refractivity contribution in [2.75, 3.05) is 11.9 Å². The molecule has 5 nitrogen and oxygen atoms in total. The summed E-state index contributed by atoms with van der Waals surface area (Å²) >= 11 is 7.38. The van der Waals surface area contributed by atoms with Crippen molar-refractivity contribution in [3.05, 3.63) is 35.5 Å². The standard InChI is InChI=1S/C14H15ClN4OS/c1-9(6-7-20)16-13-18-19-8-12(17-14(19)21-13)10-2-4-11(15)5-3-10/h2-5,8-9,20H,6-7H2,1H3,(H,16,18). The highest BCUT2D eigenvalue weighted by Gasteiger charge is 2.11. The van der Waals surface area contributed by atoms with Crippen LogP contribution < -0.4 is 5.32 Å². The Hall–Kier alpha value is -1.63. The second kappa shape index (κ2) is 6.01. The number of fused-ring (bicyclic) bond motifs is 1. The fraction of sp³-hybridized carbons (Fsp3) is 0.286. The molecule has 3 aromatic rings. The molecular formula is C14H15ClN4OS. The van der Waals surface area contributed by atoms with Crippen molar-refractivity contribution in [3.63, 3.8) is 0 Å². The van der Waals surface area contributed by atoms with Gasteiger partial charge < -0.3 is 10.4 Å². The molecule has 0 saturated heterocycles. The van der Waals surface area contributed by atoms with Crippen LogP contribution in [0.3, 0.4) is 0 Å². The van der Waals surface area contributed by atoms with Crippen LogP contribution in [0.4, 0.5) is 5.13 Å². The Balaban J connectivity index is 1.82. The van der Waals surface area contributed by atoms with Gasteiger partial charge in [0.2, 0.25) is 10.1 Å². The molecule has 2 aromatic heterocycles. The monoisotopic (exact) mass is 322 g/mol. The molecule has 110 valence electrons. The van der Waals surface area contributed by atoms with E-state index in [1.165, 1.54) is 11.3 Å². The maximum absolute atomic E-state index is 8.91. The van der Waals surface area contributed by atoms with Crippen molar-refractivity contribution in [3.8, 4) is 11.3 Å². The van der Waals surface area contributed by atoms with Gasteiger partial charge in [0, 0.05) is 23.2 Å². The van der Waals surface area contributed by atoms with Crippen LogP contribution in [0, 0.1) is 0 Å². The van der Waals surface area contributed by atoms with Crippen LogP contribution in [-0.4, -0.2) is 32.4 Å². The van der Waals surface area contributed by atoms with Gasteiger partial charge >= 0.3 is 0 Å². The van der Waals surface area contributed by atoms with Crippen LogP contribution in [0.5, 0.6) is 0 Å². The van der Waals surface area contributed by atoms with E-state index in [2.05, 4.69) is 15.4 Å². The van der Waals surface area contributed by atoms with Crippen molar-refractivity contribution in [2.24, 2.45) is 0 Å². The van der Waals surface area contributed by atoms with E-state index in [1.807, 2.05) is 37.4 Å². The summed E-state index contributed by atoms with van der Waals surface area (Å²) in [6, 6.07) is 7.76. The second-order valence-corrected chi connectivity index (χ2v) is 6.22. The number of aliphatic hydroxyl groups excluding tert-OH is 1. The molecule has 2 heterocycles. The lowest BCUT2D eigenvalue weighted by molar-refractivity contribution is 0.282. The molecule has 3 rings (SSSR count). The van der Waals surface area contributed by atoms with E-state index >= 15 is 0 Å². The van der Waals surface area contributed by atoms with Gasteiger partial charge in [-0.05, 0) is 25.5 Å². The number of aliphatic hydroxyl groups is 1. The first kappa shape index (κ1) is 14.3. The van der Waals surface area contributed by atoms with Crippen LogP contribution in [0.2, 0.25) is 5.02 Å². The summed E-state index contributed by atoms with van der Waals surface area (Å²) in [4.78, 5) is 5.41. The molecule has 0 aliphatic carbocycles. The molecule has 21 heavy (non-hydrogen) atoms. The molecule has 0 spiro atoms. The van der Waals surface area contributed by atoms with Crippen molar-refractivity contribution >= 4 is 33.0 Å². The van der Waals surface area contributed by atoms with Gasteiger partial charge in [-0.2, -0.15) is 0 Å². The van der Waals surface area contributed by atoms with Crippen molar-refractivity contribution in [1.82, 2.24) is 14.6 Å². The fourth-order valence-electron chi connectivity index (χ4n) is 1.99. The fourth-order valence-corrected chi connectivity index (χ4v) is 3.01. The van der Waals surface area contributed by atoms with Gasteiger partial charge in [0.15, 0.2) is 0 Å². The van der Waals surface area contributed by atoms with E-state index < -0.39 is 0 Å². The number of imidazole rings is 1. The highest BCUT2D eigenvalue weighted by molar-refractivity contribution is 7.20. The van der Waals surface area contributed by atoms with Crippen molar-refractivity contribution in [2.45, 2.75) is 19.4 Å². The molecule has 0 aliphatic rings. The smallest absolute Gasteiger partial charge is 0.214 e. The summed E-state index contributed by atoms with van der Waals surface area (Å²) in [5.74, 6) is 0. The number of hydrogen-bond donors (Lipinski definition) is 2. The maximum atomic E-state index is 8.91. The van der Waals surface area contributed by atoms with Crippen LogP contribution in [0.1, 0.15) is 13.3 Å². The van der Waals surface area contributed by atoms with E-state index in [9.17, 15) is 0 Å². The van der Waals surface area contributed by atoms with Gasteiger partial charge in [-0.1, -0.05) is 35.1 Å². The lowest BCUT2D eigenvalue weighted by atomic mass is 10.2. The zero-order valence-electron chi connectivity index (χ0n) is 11.5. The highest BCUT2D eigenvalue weighted by Crippen LogP contribution is 2.25. The molecule has 1 unspecified atom stereocenters. The number of anilines is 1. The van der Waals surface area contributed by atoms with E-state index in [0.717, 1.165) is 21.3 Å². The number of halogens is 1. The van der Waals surface area contributed by atoms with Gasteiger partial charge in [0.25, 0.3) is 0 Å². The van der Waals surface area contributed by atoms with Crippen molar-refractivity contribution < 1.29 is 5.11 Å². The molecule has 0 fully saturated rings. The van der Waals surface area contributed by atoms with Crippen LogP contribution in [-0.2, 0) is 0 Å². The third-order valence-electron chi connectivity index (χ3n) is 3.12. The van der Waals surface area contributed by atoms with E-state index in [4.69, 9.17) is 16.7 Å². The molecule has 0 saturated carbocycles. The molecule has 1 aromatic carbocycles. The number of benzene rings is 1. The summed E-state index contributed by atoms with van der Waals surface area (Å²) < 4.78 is 1.77. The summed E-state index contributed by atoms with van der Waals surface area (Å²) in [5.41, 5.74) is 1.89. The average Bonchev–Trinajstić information content (AvgIpc) is 2.97. The summed E-state index contributed by atoms with van der Waals surface area (Å²) in [7, 11) is 0. The Labute approximate surface area is 131 Å². The molecule has 7 heteroatoms. The minimum absolute atomic E-state index is 0.164. The topological polar surface area (TPSA) is 62.5 Å². The second-order valence-electron chi connectivity index (χ2n) is 4.83. The Bertz CT molecular complexity index is 706. The molecular weight excluding hydrogens is 308 g/mol. The molecule has 0 amide bonds. The molecule has 0 aliphatic heterocycles. The zero-order valence-corrected chi connectivity index (χ0v) is 13.0. The summed E-state index contributed by atoms with van der Waals surface area (Å²) in [6.45, 7) is 2.18. The van der Waals surface area contributed by atoms with Gasteiger partial charge in [0.1, 0.15) is 0 Å². The average molecular weight is 323 g/mol.